The monoisotopic (exact) mass is 539 g/mol. The van der Waals surface area contributed by atoms with Crippen LogP contribution in [0.5, 0.6) is 0 Å². The number of carboxylic acid groups (broad SMARTS) is 2. The average molecular weight is 540 g/mol. The second kappa shape index (κ2) is 17.3. The van der Waals surface area contributed by atoms with Crippen molar-refractivity contribution in [3.05, 3.63) is 35.9 Å². The molecule has 13 heteroatoms. The maximum atomic E-state index is 13.1. The van der Waals surface area contributed by atoms with E-state index < -0.39 is 60.2 Å². The molecule has 0 aliphatic carbocycles. The lowest BCUT2D eigenvalue weighted by Gasteiger charge is -2.25. The van der Waals surface area contributed by atoms with E-state index in [0.717, 1.165) is 0 Å². The van der Waals surface area contributed by atoms with Gasteiger partial charge in [0, 0.05) is 6.42 Å². The molecule has 0 spiro atoms. The number of nitrogens with one attached hydrogen (secondary N) is 3. The summed E-state index contributed by atoms with van der Waals surface area (Å²) >= 11 is 1.48. The van der Waals surface area contributed by atoms with E-state index in [0.29, 0.717) is 37.1 Å². The van der Waals surface area contributed by atoms with Gasteiger partial charge in [0.2, 0.25) is 17.7 Å². The van der Waals surface area contributed by atoms with Gasteiger partial charge < -0.3 is 37.6 Å². The normalized spacial score (nSPS) is 14.0. The van der Waals surface area contributed by atoms with Crippen molar-refractivity contribution in [2.24, 2.45) is 11.5 Å². The molecule has 206 valence electrons. The van der Waals surface area contributed by atoms with Crippen molar-refractivity contribution in [2.45, 2.75) is 62.7 Å². The predicted octanol–water partition coefficient (Wildman–Crippen LogP) is -0.548. The molecule has 0 bridgehead atoms. The summed E-state index contributed by atoms with van der Waals surface area (Å²) in [7, 11) is 0. The molecule has 37 heavy (non-hydrogen) atoms. The molecule has 12 nitrogen and oxygen atoms in total. The quantitative estimate of drug-likeness (QED) is 0.118. The second-order valence-corrected chi connectivity index (χ2v) is 9.47. The van der Waals surface area contributed by atoms with Crippen LogP contribution in [0.3, 0.4) is 0 Å². The van der Waals surface area contributed by atoms with Gasteiger partial charge in [-0.3, -0.25) is 19.2 Å². The van der Waals surface area contributed by atoms with E-state index in [-0.39, 0.29) is 12.8 Å². The van der Waals surface area contributed by atoms with Gasteiger partial charge in [-0.2, -0.15) is 11.8 Å². The molecular weight excluding hydrogens is 502 g/mol. The minimum atomic E-state index is -1.49. The number of carbonyl (C=O) groups is 5. The summed E-state index contributed by atoms with van der Waals surface area (Å²) in [4.78, 5) is 61.6. The van der Waals surface area contributed by atoms with Gasteiger partial charge in [-0.1, -0.05) is 30.3 Å². The molecular formula is C24H37N5O7S. The zero-order chi connectivity index (χ0) is 27.8. The number of thioether (sulfide) groups is 1. The van der Waals surface area contributed by atoms with Gasteiger partial charge in [-0.25, -0.2) is 4.79 Å². The topological polar surface area (TPSA) is 214 Å². The molecule has 3 amide bonds. The Bertz CT molecular complexity index is 903. The van der Waals surface area contributed by atoms with E-state index in [9.17, 15) is 34.2 Å². The van der Waals surface area contributed by atoms with Crippen LogP contribution in [0.4, 0.5) is 0 Å². The van der Waals surface area contributed by atoms with Crippen LogP contribution in [0.1, 0.15) is 37.7 Å². The molecule has 0 saturated carbocycles. The maximum Gasteiger partial charge on any atom is 0.326 e. The molecule has 1 aromatic rings. The third-order valence-corrected chi connectivity index (χ3v) is 6.10. The Hall–Kier alpha value is -3.16. The summed E-state index contributed by atoms with van der Waals surface area (Å²) in [6.07, 6.45) is 2.66. The lowest BCUT2D eigenvalue weighted by Crippen LogP contribution is -2.58. The molecule has 0 heterocycles. The fourth-order valence-electron chi connectivity index (χ4n) is 3.39. The largest absolute Gasteiger partial charge is 0.481 e. The number of rotatable bonds is 18. The Balaban J connectivity index is 3.07. The molecule has 0 aromatic heterocycles. The van der Waals surface area contributed by atoms with E-state index in [1.807, 2.05) is 6.26 Å². The number of nitrogens with two attached hydrogens (primary N) is 2. The Morgan fingerprint density at radius 2 is 1.46 bits per heavy atom. The highest BCUT2D eigenvalue weighted by atomic mass is 32.2. The Labute approximate surface area is 220 Å². The number of benzene rings is 1. The zero-order valence-electron chi connectivity index (χ0n) is 20.9. The smallest absolute Gasteiger partial charge is 0.326 e. The minimum Gasteiger partial charge on any atom is -0.481 e. The second-order valence-electron chi connectivity index (χ2n) is 8.48. The van der Waals surface area contributed by atoms with Crippen LogP contribution in [0.2, 0.25) is 0 Å². The van der Waals surface area contributed by atoms with Gasteiger partial charge in [0.1, 0.15) is 18.1 Å². The summed E-state index contributed by atoms with van der Waals surface area (Å²) in [5, 5.41) is 26.1. The van der Waals surface area contributed by atoms with E-state index in [1.54, 1.807) is 30.3 Å². The molecule has 0 aliphatic rings. The number of amides is 3. The molecule has 4 atom stereocenters. The summed E-state index contributed by atoms with van der Waals surface area (Å²) in [6, 6.07) is 3.84. The highest BCUT2D eigenvalue weighted by Crippen LogP contribution is 2.08. The van der Waals surface area contributed by atoms with Crippen LogP contribution >= 0.6 is 11.8 Å². The summed E-state index contributed by atoms with van der Waals surface area (Å²) in [5.41, 5.74) is 12.0. The van der Waals surface area contributed by atoms with Crippen molar-refractivity contribution in [2.75, 3.05) is 18.6 Å². The molecule has 1 aromatic carbocycles. The van der Waals surface area contributed by atoms with Crippen LogP contribution < -0.4 is 27.4 Å². The standard InChI is InChI=1S/C24H37N5O7S/c1-37-12-10-16(26)21(32)28-19(14-20(30)31)23(34)29-18(13-15-7-3-2-4-8-15)22(33)27-17(24(35)36)9-5-6-11-25/h2-4,7-8,16-19H,5-6,9-14,25-26H2,1H3,(H,27,33)(H,28,32)(H,29,34)(H,30,31)(H,35,36). The van der Waals surface area contributed by atoms with Gasteiger partial charge >= 0.3 is 11.9 Å². The Morgan fingerprint density at radius 3 is 2.03 bits per heavy atom. The lowest BCUT2D eigenvalue weighted by atomic mass is 10.0. The van der Waals surface area contributed by atoms with Gasteiger partial charge in [0.25, 0.3) is 0 Å². The molecule has 0 saturated heterocycles. The van der Waals surface area contributed by atoms with Crippen LogP contribution in [0.15, 0.2) is 30.3 Å². The number of hydrogen-bond acceptors (Lipinski definition) is 8. The zero-order valence-corrected chi connectivity index (χ0v) is 21.7. The number of unbranched alkanes of at least 4 members (excludes halogenated alkanes) is 1. The van der Waals surface area contributed by atoms with Crippen molar-refractivity contribution in [1.29, 1.82) is 0 Å². The van der Waals surface area contributed by atoms with E-state index in [4.69, 9.17) is 11.5 Å². The number of carbonyl (C=O) groups excluding carboxylic acids is 3. The first-order valence-corrected chi connectivity index (χ1v) is 13.3. The maximum absolute atomic E-state index is 13.1. The molecule has 4 unspecified atom stereocenters. The van der Waals surface area contributed by atoms with Crippen molar-refractivity contribution in [3.63, 3.8) is 0 Å². The first-order chi connectivity index (χ1) is 17.6. The predicted molar refractivity (Wildman–Crippen MR) is 140 cm³/mol. The minimum absolute atomic E-state index is 0.00846. The van der Waals surface area contributed by atoms with Gasteiger partial charge in [-0.05, 0) is 49.8 Å². The molecule has 0 fully saturated rings. The SMILES string of the molecule is CSCCC(N)C(=O)NC(CC(=O)O)C(=O)NC(Cc1ccccc1)C(=O)NC(CCCCN)C(=O)O. The molecule has 1 rings (SSSR count). The number of hydrogen-bond donors (Lipinski definition) is 7. The van der Waals surface area contributed by atoms with Crippen molar-refractivity contribution in [3.8, 4) is 0 Å². The van der Waals surface area contributed by atoms with E-state index in [2.05, 4.69) is 16.0 Å². The van der Waals surface area contributed by atoms with Gasteiger partial charge in [0.15, 0.2) is 0 Å². The fraction of sp³-hybridized carbons (Fsp3) is 0.542. The number of aliphatic carboxylic acids is 2. The Kier molecular flexibility index (Phi) is 14.9. The highest BCUT2D eigenvalue weighted by molar-refractivity contribution is 7.98. The summed E-state index contributed by atoms with van der Waals surface area (Å²) in [5.74, 6) is -4.32. The first-order valence-electron chi connectivity index (χ1n) is 11.9. The fourth-order valence-corrected chi connectivity index (χ4v) is 3.88. The highest BCUT2D eigenvalue weighted by Gasteiger charge is 2.31. The molecule has 9 N–H and O–H groups in total. The number of carboxylic acids is 2. The third kappa shape index (κ3) is 12.6. The van der Waals surface area contributed by atoms with Gasteiger partial charge in [0.05, 0.1) is 12.5 Å². The van der Waals surface area contributed by atoms with Crippen LogP contribution in [0, 0.1) is 0 Å². The van der Waals surface area contributed by atoms with Crippen molar-refractivity contribution >= 4 is 41.4 Å². The van der Waals surface area contributed by atoms with Crippen LogP contribution in [-0.2, 0) is 30.4 Å². The van der Waals surface area contributed by atoms with Crippen LogP contribution in [-0.4, -0.2) is 82.6 Å². The lowest BCUT2D eigenvalue weighted by molar-refractivity contribution is -0.143. The summed E-state index contributed by atoms with van der Waals surface area (Å²) < 4.78 is 0. The molecule has 0 aliphatic heterocycles. The van der Waals surface area contributed by atoms with Crippen LogP contribution in [0.25, 0.3) is 0 Å². The van der Waals surface area contributed by atoms with Crippen molar-refractivity contribution in [1.82, 2.24) is 16.0 Å². The molecule has 0 radical (unpaired) electrons. The van der Waals surface area contributed by atoms with Crippen molar-refractivity contribution < 1.29 is 34.2 Å². The van der Waals surface area contributed by atoms with E-state index >= 15 is 0 Å². The Morgan fingerprint density at radius 1 is 0.865 bits per heavy atom. The summed E-state index contributed by atoms with van der Waals surface area (Å²) in [6.45, 7) is 0.380. The first kappa shape index (κ1) is 31.9. The van der Waals surface area contributed by atoms with Gasteiger partial charge in [-0.15, -0.1) is 0 Å². The third-order valence-electron chi connectivity index (χ3n) is 5.46. The van der Waals surface area contributed by atoms with E-state index in [1.165, 1.54) is 11.8 Å². The average Bonchev–Trinajstić information content (AvgIpc) is 2.85.